The molecule has 1 N–H and O–H groups in total. The largest absolute Gasteiger partial charge is 0.310 e. The lowest BCUT2D eigenvalue weighted by molar-refractivity contribution is 0.470. The van der Waals surface area contributed by atoms with Gasteiger partial charge in [-0.3, -0.25) is 0 Å². The monoisotopic (exact) mass is 299 g/mol. The molecule has 0 radical (unpaired) electrons. The summed E-state index contributed by atoms with van der Waals surface area (Å²) >= 11 is 5.53. The van der Waals surface area contributed by atoms with E-state index in [1.54, 1.807) is 0 Å². The molecule has 16 heavy (non-hydrogen) atoms. The first-order valence-electron chi connectivity index (χ1n) is 5.82. The molecule has 1 aromatic rings. The van der Waals surface area contributed by atoms with Crippen molar-refractivity contribution in [3.8, 4) is 0 Å². The van der Waals surface area contributed by atoms with E-state index >= 15 is 0 Å². The van der Waals surface area contributed by atoms with Crippen LogP contribution in [-0.2, 0) is 6.42 Å². The highest BCUT2D eigenvalue weighted by molar-refractivity contribution is 9.10. The van der Waals surface area contributed by atoms with Crippen molar-refractivity contribution in [3.63, 3.8) is 0 Å². The lowest BCUT2D eigenvalue weighted by Gasteiger charge is -2.18. The Bertz CT molecular complexity index is 319. The minimum absolute atomic E-state index is 0.574. The summed E-state index contributed by atoms with van der Waals surface area (Å²) in [5.74, 6) is 2.60. The van der Waals surface area contributed by atoms with Crippen LogP contribution in [0.4, 0.5) is 0 Å². The van der Waals surface area contributed by atoms with Gasteiger partial charge in [0.1, 0.15) is 0 Å². The van der Waals surface area contributed by atoms with Gasteiger partial charge in [-0.15, -0.1) is 0 Å². The van der Waals surface area contributed by atoms with Crippen LogP contribution < -0.4 is 5.32 Å². The fourth-order valence-electron chi connectivity index (χ4n) is 2.10. The average molecular weight is 300 g/mol. The van der Waals surface area contributed by atoms with Crippen LogP contribution in [0.25, 0.3) is 0 Å². The van der Waals surface area contributed by atoms with Crippen molar-refractivity contribution in [3.05, 3.63) is 34.3 Å². The molecule has 1 fully saturated rings. The normalized spacial score (nSPS) is 22.2. The third-order valence-electron chi connectivity index (χ3n) is 2.91. The Morgan fingerprint density at radius 2 is 2.19 bits per heavy atom. The van der Waals surface area contributed by atoms with Gasteiger partial charge in [0.2, 0.25) is 0 Å². The summed E-state index contributed by atoms with van der Waals surface area (Å²) in [4.78, 5) is 0. The fraction of sp³-hybridized carbons (Fsp3) is 0.538. The second kappa shape index (κ2) is 6.08. The molecule has 0 bridgehead atoms. The Hall–Kier alpha value is 0.01000. The summed E-state index contributed by atoms with van der Waals surface area (Å²) in [5, 5.41) is 3.71. The molecule has 0 saturated carbocycles. The second-order valence-corrected chi connectivity index (χ2v) is 6.52. The van der Waals surface area contributed by atoms with Gasteiger partial charge in [0, 0.05) is 22.3 Å². The number of benzene rings is 1. The maximum Gasteiger partial charge on any atom is 0.0175 e. The Kier molecular flexibility index (Phi) is 4.74. The molecule has 3 heteroatoms. The van der Waals surface area contributed by atoms with Crippen LogP contribution in [0.15, 0.2) is 28.7 Å². The molecule has 0 aromatic heterocycles. The molecule has 1 saturated heterocycles. The minimum Gasteiger partial charge on any atom is -0.310 e. The molecule has 1 aliphatic rings. The molecule has 2 unspecified atom stereocenters. The van der Waals surface area contributed by atoms with Crippen LogP contribution in [0, 0.1) is 0 Å². The summed E-state index contributed by atoms with van der Waals surface area (Å²) in [6.45, 7) is 2.28. The van der Waals surface area contributed by atoms with Crippen LogP contribution >= 0.6 is 27.7 Å². The highest BCUT2D eigenvalue weighted by Gasteiger charge is 2.17. The molecule has 0 aliphatic carbocycles. The quantitative estimate of drug-likeness (QED) is 0.913. The maximum atomic E-state index is 3.71. The van der Waals surface area contributed by atoms with Gasteiger partial charge in [-0.05, 0) is 43.2 Å². The molecule has 1 aliphatic heterocycles. The summed E-state index contributed by atoms with van der Waals surface area (Å²) in [5.41, 5.74) is 1.41. The van der Waals surface area contributed by atoms with E-state index in [2.05, 4.69) is 64.2 Å². The molecule has 2 rings (SSSR count). The molecule has 88 valence electrons. The van der Waals surface area contributed by atoms with Crippen LogP contribution in [0.2, 0.25) is 0 Å². The number of hydrogen-bond donors (Lipinski definition) is 1. The Morgan fingerprint density at radius 1 is 1.44 bits per heavy atom. The number of thioether (sulfide) groups is 1. The predicted molar refractivity (Wildman–Crippen MR) is 76.2 cm³/mol. The van der Waals surface area contributed by atoms with E-state index in [-0.39, 0.29) is 0 Å². The fourth-order valence-corrected chi connectivity index (χ4v) is 3.53. The summed E-state index contributed by atoms with van der Waals surface area (Å²) in [6.07, 6.45) is 2.45. The van der Waals surface area contributed by atoms with Crippen LogP contribution in [-0.4, -0.2) is 23.6 Å². The molecule has 1 nitrogen and oxygen atoms in total. The molecule has 0 spiro atoms. The van der Waals surface area contributed by atoms with Crippen molar-refractivity contribution < 1.29 is 0 Å². The zero-order valence-corrected chi connectivity index (χ0v) is 12.0. The number of halogens is 1. The molecular formula is C13H18BrNS. The lowest BCUT2D eigenvalue weighted by atomic mass is 10.1. The molecular weight excluding hydrogens is 282 g/mol. The number of nitrogens with one attached hydrogen (secondary N) is 1. The van der Waals surface area contributed by atoms with Crippen LogP contribution in [0.5, 0.6) is 0 Å². The van der Waals surface area contributed by atoms with Crippen molar-refractivity contribution >= 4 is 27.7 Å². The van der Waals surface area contributed by atoms with Crippen molar-refractivity contribution in [2.75, 3.05) is 11.5 Å². The molecule has 2 atom stereocenters. The van der Waals surface area contributed by atoms with Gasteiger partial charge in [0.05, 0.1) is 0 Å². The zero-order chi connectivity index (χ0) is 11.4. The number of rotatable bonds is 4. The Balaban J connectivity index is 1.81. The smallest absolute Gasteiger partial charge is 0.0175 e. The van der Waals surface area contributed by atoms with Crippen LogP contribution in [0.1, 0.15) is 18.9 Å². The summed E-state index contributed by atoms with van der Waals surface area (Å²) in [6, 6.07) is 9.94. The second-order valence-electron chi connectivity index (χ2n) is 4.46. The Labute approximate surface area is 111 Å². The molecule has 0 amide bonds. The van der Waals surface area contributed by atoms with Crippen molar-refractivity contribution in [2.24, 2.45) is 0 Å². The highest BCUT2D eigenvalue weighted by Crippen LogP contribution is 2.18. The first-order valence-corrected chi connectivity index (χ1v) is 7.77. The van der Waals surface area contributed by atoms with E-state index in [4.69, 9.17) is 0 Å². The highest BCUT2D eigenvalue weighted by atomic mass is 79.9. The standard InChI is InChI=1S/C13H18BrNS/c1-10(15-13-6-7-16-9-13)8-11-2-4-12(14)5-3-11/h2-5,10,13,15H,6-9H2,1H3. The predicted octanol–water partition coefficient (Wildman–Crippen LogP) is 3.48. The van der Waals surface area contributed by atoms with E-state index in [9.17, 15) is 0 Å². The number of hydrogen-bond acceptors (Lipinski definition) is 2. The van der Waals surface area contributed by atoms with Crippen molar-refractivity contribution in [1.29, 1.82) is 0 Å². The average Bonchev–Trinajstić information content (AvgIpc) is 2.74. The van der Waals surface area contributed by atoms with Gasteiger partial charge >= 0.3 is 0 Å². The van der Waals surface area contributed by atoms with E-state index in [1.165, 1.54) is 23.5 Å². The SMILES string of the molecule is CC(Cc1ccc(Br)cc1)NC1CCSC1. The lowest BCUT2D eigenvalue weighted by Crippen LogP contribution is -2.37. The summed E-state index contributed by atoms with van der Waals surface area (Å²) < 4.78 is 1.16. The topological polar surface area (TPSA) is 12.0 Å². The third-order valence-corrected chi connectivity index (χ3v) is 4.60. The maximum absolute atomic E-state index is 3.71. The van der Waals surface area contributed by atoms with Gasteiger partial charge in [0.15, 0.2) is 0 Å². The first kappa shape index (κ1) is 12.5. The van der Waals surface area contributed by atoms with Gasteiger partial charge < -0.3 is 5.32 Å². The van der Waals surface area contributed by atoms with Crippen LogP contribution in [0.3, 0.4) is 0 Å². The zero-order valence-electron chi connectivity index (χ0n) is 9.58. The van der Waals surface area contributed by atoms with E-state index in [0.717, 1.165) is 16.9 Å². The van der Waals surface area contributed by atoms with Gasteiger partial charge in [0.25, 0.3) is 0 Å². The van der Waals surface area contributed by atoms with Gasteiger partial charge in [-0.25, -0.2) is 0 Å². The summed E-state index contributed by atoms with van der Waals surface area (Å²) in [7, 11) is 0. The minimum atomic E-state index is 0.574. The van der Waals surface area contributed by atoms with Crippen molar-refractivity contribution in [2.45, 2.75) is 31.8 Å². The molecule has 1 aromatic carbocycles. The first-order chi connectivity index (χ1) is 7.74. The van der Waals surface area contributed by atoms with E-state index < -0.39 is 0 Å². The van der Waals surface area contributed by atoms with Crippen molar-refractivity contribution in [1.82, 2.24) is 5.32 Å². The van der Waals surface area contributed by atoms with E-state index in [1.807, 2.05) is 0 Å². The van der Waals surface area contributed by atoms with E-state index in [0.29, 0.717) is 6.04 Å². The molecule has 1 heterocycles. The van der Waals surface area contributed by atoms with Gasteiger partial charge in [-0.2, -0.15) is 11.8 Å². The van der Waals surface area contributed by atoms with Gasteiger partial charge in [-0.1, -0.05) is 28.1 Å². The Morgan fingerprint density at radius 3 is 2.81 bits per heavy atom. The third kappa shape index (κ3) is 3.79.